The van der Waals surface area contributed by atoms with E-state index in [1.807, 2.05) is 6.07 Å². The highest BCUT2D eigenvalue weighted by Gasteiger charge is 2.34. The molecular formula is C26H32N4O6S. The highest BCUT2D eigenvalue weighted by atomic mass is 32.2. The molecule has 11 heteroatoms. The third kappa shape index (κ3) is 5.16. The summed E-state index contributed by atoms with van der Waals surface area (Å²) in [5, 5.41) is 0. The molecular weight excluding hydrogens is 496 g/mol. The minimum atomic E-state index is -3.77. The highest BCUT2D eigenvalue weighted by molar-refractivity contribution is 7.89. The lowest BCUT2D eigenvalue weighted by Gasteiger charge is -2.42. The van der Waals surface area contributed by atoms with Gasteiger partial charge in [-0.1, -0.05) is 12.1 Å². The summed E-state index contributed by atoms with van der Waals surface area (Å²) in [6.45, 7) is 6.73. The van der Waals surface area contributed by atoms with Crippen LogP contribution in [0.1, 0.15) is 12.5 Å². The number of nitrogens with zero attached hydrogens (tertiary/aromatic N) is 4. The van der Waals surface area contributed by atoms with Crippen LogP contribution in [0.2, 0.25) is 0 Å². The molecule has 2 saturated heterocycles. The summed E-state index contributed by atoms with van der Waals surface area (Å²) in [5.74, 6) is -0.183. The number of anilines is 2. The Morgan fingerprint density at radius 1 is 1.05 bits per heavy atom. The molecule has 2 fully saturated rings. The Kier molecular flexibility index (Phi) is 7.11. The monoisotopic (exact) mass is 528 g/mol. The fourth-order valence-corrected chi connectivity index (χ4v) is 6.49. The molecule has 0 bridgehead atoms. The van der Waals surface area contributed by atoms with Gasteiger partial charge in [-0.15, -0.1) is 0 Å². The maximum absolute atomic E-state index is 13.3. The van der Waals surface area contributed by atoms with E-state index in [0.29, 0.717) is 44.3 Å². The summed E-state index contributed by atoms with van der Waals surface area (Å²) in [5.41, 5.74) is 2.61. The average Bonchev–Trinajstić information content (AvgIpc) is 2.90. The minimum Gasteiger partial charge on any atom is -0.482 e. The third-order valence-electron chi connectivity index (χ3n) is 7.09. The lowest BCUT2D eigenvalue weighted by atomic mass is 10.1. The summed E-state index contributed by atoms with van der Waals surface area (Å²) in [6.07, 6.45) is 0. The second-order valence-corrected chi connectivity index (χ2v) is 11.6. The number of benzene rings is 2. The van der Waals surface area contributed by atoms with Gasteiger partial charge in [0.2, 0.25) is 15.9 Å². The molecule has 2 aromatic carbocycles. The second-order valence-electron chi connectivity index (χ2n) is 9.64. The summed E-state index contributed by atoms with van der Waals surface area (Å²) in [7, 11) is -3.77. The van der Waals surface area contributed by atoms with Gasteiger partial charge in [0.1, 0.15) is 12.3 Å². The van der Waals surface area contributed by atoms with Gasteiger partial charge in [-0.05, 0) is 49.7 Å². The van der Waals surface area contributed by atoms with Crippen LogP contribution in [-0.2, 0) is 24.3 Å². The van der Waals surface area contributed by atoms with Crippen molar-refractivity contribution in [3.63, 3.8) is 0 Å². The zero-order valence-electron chi connectivity index (χ0n) is 21.1. The number of carbonyl (C=O) groups excluding carboxylic acids is 2. The van der Waals surface area contributed by atoms with Crippen molar-refractivity contribution in [1.29, 1.82) is 0 Å². The van der Waals surface area contributed by atoms with Gasteiger partial charge in [-0.3, -0.25) is 14.5 Å². The number of carbonyl (C=O) groups is 2. The third-order valence-corrected chi connectivity index (χ3v) is 8.98. The average molecular weight is 529 g/mol. The van der Waals surface area contributed by atoms with Crippen LogP contribution in [0, 0.1) is 6.92 Å². The van der Waals surface area contributed by atoms with Gasteiger partial charge in [-0.25, -0.2) is 8.42 Å². The molecule has 5 rings (SSSR count). The molecule has 2 aromatic rings. The lowest BCUT2D eigenvalue weighted by molar-refractivity contribution is -0.132. The second kappa shape index (κ2) is 10.3. The molecule has 10 nitrogen and oxygen atoms in total. The number of hydrogen-bond donors (Lipinski definition) is 0. The fraction of sp³-hybridized carbons (Fsp3) is 0.462. The number of rotatable bonds is 5. The van der Waals surface area contributed by atoms with Crippen LogP contribution in [0.15, 0.2) is 47.4 Å². The summed E-state index contributed by atoms with van der Waals surface area (Å²) >= 11 is 0. The Balaban J connectivity index is 1.32. The van der Waals surface area contributed by atoms with Crippen molar-refractivity contribution in [2.24, 2.45) is 0 Å². The largest absolute Gasteiger partial charge is 0.482 e. The molecule has 0 N–H and O–H groups in total. The SMILES string of the molecule is Cc1cccc(N2CCN(C(=O)CN3C(=O)COc4ccc(S(=O)(=O)N5CCOCC5)cc43)CC2C)c1. The van der Waals surface area contributed by atoms with Gasteiger partial charge in [0, 0.05) is 44.5 Å². The van der Waals surface area contributed by atoms with E-state index in [-0.39, 0.29) is 49.0 Å². The number of piperazine rings is 1. The zero-order chi connectivity index (χ0) is 26.2. The van der Waals surface area contributed by atoms with E-state index in [1.54, 1.807) is 11.0 Å². The number of ether oxygens (including phenoxy) is 2. The summed E-state index contributed by atoms with van der Waals surface area (Å²) < 4.78 is 38.6. The molecule has 0 radical (unpaired) electrons. The maximum atomic E-state index is 13.3. The van der Waals surface area contributed by atoms with E-state index >= 15 is 0 Å². The van der Waals surface area contributed by atoms with Crippen LogP contribution in [0.4, 0.5) is 11.4 Å². The van der Waals surface area contributed by atoms with Gasteiger partial charge in [0.15, 0.2) is 6.61 Å². The van der Waals surface area contributed by atoms with Crippen LogP contribution < -0.4 is 14.5 Å². The number of hydrogen-bond acceptors (Lipinski definition) is 7. The van der Waals surface area contributed by atoms with Crippen molar-refractivity contribution in [3.8, 4) is 5.75 Å². The Labute approximate surface area is 217 Å². The molecule has 3 aliphatic rings. The minimum absolute atomic E-state index is 0.0595. The Bertz CT molecular complexity index is 1290. The van der Waals surface area contributed by atoms with Crippen molar-refractivity contribution < 1.29 is 27.5 Å². The standard InChI is InChI=1S/C26H32N4O6S/c1-19-4-3-5-21(14-19)29-9-8-27(16-20(29)2)25(31)17-30-23-15-22(6-7-24(23)36-18-26(30)32)37(33,34)28-10-12-35-13-11-28/h3-7,14-15,20H,8-13,16-18H2,1-2H3. The molecule has 37 heavy (non-hydrogen) atoms. The Morgan fingerprint density at radius 2 is 1.84 bits per heavy atom. The van der Waals surface area contributed by atoms with Crippen LogP contribution in [-0.4, -0.2) is 94.6 Å². The van der Waals surface area contributed by atoms with Gasteiger partial charge >= 0.3 is 0 Å². The van der Waals surface area contributed by atoms with E-state index in [0.717, 1.165) is 5.69 Å². The first-order valence-corrected chi connectivity index (χ1v) is 13.9. The zero-order valence-corrected chi connectivity index (χ0v) is 21.9. The Morgan fingerprint density at radius 3 is 2.57 bits per heavy atom. The van der Waals surface area contributed by atoms with Crippen LogP contribution >= 0.6 is 0 Å². The molecule has 2 amide bonds. The van der Waals surface area contributed by atoms with Crippen molar-refractivity contribution in [2.75, 3.05) is 68.9 Å². The molecule has 3 aliphatic heterocycles. The van der Waals surface area contributed by atoms with Crippen molar-refractivity contribution >= 4 is 33.2 Å². The Hall–Kier alpha value is -3.15. The number of fused-ring (bicyclic) bond motifs is 1. The molecule has 0 saturated carbocycles. The van der Waals surface area contributed by atoms with Gasteiger partial charge in [0.05, 0.1) is 23.8 Å². The summed E-state index contributed by atoms with van der Waals surface area (Å²) in [6, 6.07) is 12.9. The normalized spacial score (nSPS) is 21.0. The van der Waals surface area contributed by atoms with Crippen molar-refractivity contribution in [3.05, 3.63) is 48.0 Å². The van der Waals surface area contributed by atoms with Crippen molar-refractivity contribution in [2.45, 2.75) is 24.8 Å². The van der Waals surface area contributed by atoms with Gasteiger partial charge in [-0.2, -0.15) is 4.31 Å². The first-order chi connectivity index (χ1) is 17.7. The number of sulfonamides is 1. The molecule has 0 aliphatic carbocycles. The van der Waals surface area contributed by atoms with E-state index in [4.69, 9.17) is 9.47 Å². The fourth-order valence-electron chi connectivity index (χ4n) is 5.06. The van der Waals surface area contributed by atoms with Crippen LogP contribution in [0.25, 0.3) is 0 Å². The number of morpholine rings is 1. The quantitative estimate of drug-likeness (QED) is 0.580. The van der Waals surface area contributed by atoms with Gasteiger partial charge in [0.25, 0.3) is 5.91 Å². The number of amides is 2. The molecule has 0 spiro atoms. The van der Waals surface area contributed by atoms with Crippen molar-refractivity contribution in [1.82, 2.24) is 9.21 Å². The first kappa shape index (κ1) is 25.5. The molecule has 0 aromatic heterocycles. The molecule has 1 atom stereocenters. The van der Waals surface area contributed by atoms with E-state index < -0.39 is 10.0 Å². The van der Waals surface area contributed by atoms with Crippen LogP contribution in [0.5, 0.6) is 5.75 Å². The predicted molar refractivity (Wildman–Crippen MR) is 138 cm³/mol. The first-order valence-electron chi connectivity index (χ1n) is 12.5. The molecule has 3 heterocycles. The van der Waals surface area contributed by atoms with Gasteiger partial charge < -0.3 is 19.3 Å². The smallest absolute Gasteiger partial charge is 0.265 e. The maximum Gasteiger partial charge on any atom is 0.265 e. The molecule has 1 unspecified atom stereocenters. The van der Waals surface area contributed by atoms with E-state index in [1.165, 1.54) is 26.9 Å². The highest BCUT2D eigenvalue weighted by Crippen LogP contribution is 2.35. The predicted octanol–water partition coefficient (Wildman–Crippen LogP) is 1.48. The topological polar surface area (TPSA) is 99.7 Å². The molecule has 198 valence electrons. The lowest BCUT2D eigenvalue weighted by Crippen LogP contribution is -2.56. The van der Waals surface area contributed by atoms with E-state index in [2.05, 4.69) is 36.9 Å². The summed E-state index contributed by atoms with van der Waals surface area (Å²) in [4.78, 5) is 31.6. The van der Waals surface area contributed by atoms with E-state index in [9.17, 15) is 18.0 Å². The van der Waals surface area contributed by atoms with Crippen LogP contribution in [0.3, 0.4) is 0 Å². The number of aryl methyl sites for hydroxylation is 1.